The molecule has 0 aliphatic carbocycles. The van der Waals surface area contributed by atoms with E-state index in [2.05, 4.69) is 17.1 Å². The summed E-state index contributed by atoms with van der Waals surface area (Å²) in [6.07, 6.45) is 2.32. The van der Waals surface area contributed by atoms with Crippen LogP contribution in [0.5, 0.6) is 5.75 Å². The van der Waals surface area contributed by atoms with Gasteiger partial charge >= 0.3 is 0 Å². The van der Waals surface area contributed by atoms with Gasteiger partial charge in [-0.05, 0) is 60.2 Å². The van der Waals surface area contributed by atoms with Gasteiger partial charge in [0, 0.05) is 36.7 Å². The van der Waals surface area contributed by atoms with Crippen LogP contribution in [-0.2, 0) is 6.54 Å². The van der Waals surface area contributed by atoms with Crippen molar-refractivity contribution in [1.82, 2.24) is 19.5 Å². The van der Waals surface area contributed by atoms with Gasteiger partial charge in [0.05, 0.1) is 16.8 Å². The number of hydrogen-bond acceptors (Lipinski definition) is 7. The fourth-order valence-corrected chi connectivity index (χ4v) is 4.75. The highest BCUT2D eigenvalue weighted by molar-refractivity contribution is 5.84. The maximum Gasteiger partial charge on any atom is 0.165 e. The van der Waals surface area contributed by atoms with Crippen LogP contribution in [-0.4, -0.2) is 38.0 Å². The minimum absolute atomic E-state index is 0.0295. The van der Waals surface area contributed by atoms with E-state index in [-0.39, 0.29) is 11.3 Å². The number of nitrogen functional groups attached to an aromatic ring is 1. The van der Waals surface area contributed by atoms with Gasteiger partial charge in [-0.3, -0.25) is 9.36 Å². The van der Waals surface area contributed by atoms with Gasteiger partial charge in [-0.2, -0.15) is 0 Å². The Hall–Kier alpha value is -5.50. The van der Waals surface area contributed by atoms with Gasteiger partial charge in [0.25, 0.3) is 0 Å². The number of pyridine rings is 2. The molecule has 0 spiro atoms. The number of nitrogens with two attached hydrogens (primary N) is 1. The van der Waals surface area contributed by atoms with Gasteiger partial charge in [-0.1, -0.05) is 56.3 Å². The van der Waals surface area contributed by atoms with Gasteiger partial charge in [-0.15, -0.1) is 0 Å². The average molecular weight is 557 g/mol. The second-order valence-electron chi connectivity index (χ2n) is 9.50. The molecule has 0 aliphatic heterocycles. The second kappa shape index (κ2) is 12.3. The van der Waals surface area contributed by atoms with Crippen LogP contribution in [0, 0.1) is 0 Å². The first-order chi connectivity index (χ1) is 20.5. The van der Waals surface area contributed by atoms with E-state index in [4.69, 9.17) is 15.7 Å². The molecular formula is C34H32N6O2. The van der Waals surface area contributed by atoms with Crippen molar-refractivity contribution in [1.29, 1.82) is 0 Å². The van der Waals surface area contributed by atoms with Gasteiger partial charge in [0.1, 0.15) is 17.1 Å². The third kappa shape index (κ3) is 5.55. The Morgan fingerprint density at radius 1 is 0.905 bits per heavy atom. The highest BCUT2D eigenvalue weighted by Gasteiger charge is 2.19. The number of aromatic hydroxyl groups is 1. The second-order valence-corrected chi connectivity index (χ2v) is 9.50. The number of carbonyl (C=O) groups is 1. The molecule has 3 heterocycles. The van der Waals surface area contributed by atoms with Crippen LogP contribution in [0.1, 0.15) is 29.8 Å². The summed E-state index contributed by atoms with van der Waals surface area (Å²) in [5, 5.41) is 9.83. The lowest BCUT2D eigenvalue weighted by Crippen LogP contribution is -2.16. The number of phenolic OH excluding ortho intramolecular Hbond substituents is 1. The first-order valence-corrected chi connectivity index (χ1v) is 13.8. The number of imidazole rings is 1. The van der Waals surface area contributed by atoms with Crippen LogP contribution in [0.2, 0.25) is 0 Å². The number of anilines is 2. The smallest absolute Gasteiger partial charge is 0.165 e. The molecular weight excluding hydrogens is 524 g/mol. The van der Waals surface area contributed by atoms with E-state index in [9.17, 15) is 9.90 Å². The Bertz CT molecular complexity index is 1830. The van der Waals surface area contributed by atoms with Gasteiger partial charge in [0.15, 0.2) is 17.8 Å². The third-order valence-corrected chi connectivity index (χ3v) is 6.85. The lowest BCUT2D eigenvalue weighted by atomic mass is 10.1. The molecule has 210 valence electrons. The largest absolute Gasteiger partial charge is 0.507 e. The van der Waals surface area contributed by atoms with Crippen LogP contribution in [0.15, 0.2) is 103 Å². The van der Waals surface area contributed by atoms with E-state index in [0.29, 0.717) is 24.5 Å². The Balaban J connectivity index is 0.00000173. The molecule has 0 radical (unpaired) electrons. The Kier molecular flexibility index (Phi) is 8.24. The summed E-state index contributed by atoms with van der Waals surface area (Å²) in [5.74, 6) is 1.02. The molecule has 0 unspecified atom stereocenters. The number of phenols is 1. The lowest BCUT2D eigenvalue weighted by Gasteiger charge is -2.20. The number of carbonyl (C=O) groups excluding carboxylic acids is 1. The quantitative estimate of drug-likeness (QED) is 0.206. The van der Waals surface area contributed by atoms with Crippen molar-refractivity contribution >= 4 is 29.0 Å². The molecule has 42 heavy (non-hydrogen) atoms. The number of rotatable bonds is 7. The summed E-state index contributed by atoms with van der Waals surface area (Å²) in [5.41, 5.74) is 13.4. The van der Waals surface area contributed by atoms with E-state index in [1.165, 1.54) is 6.07 Å². The molecule has 3 aromatic carbocycles. The number of fused-ring (bicyclic) bond motifs is 1. The molecule has 6 aromatic rings. The fraction of sp³-hybridized carbons (Fsp3) is 0.118. The molecule has 0 fully saturated rings. The third-order valence-electron chi connectivity index (χ3n) is 6.85. The zero-order valence-electron chi connectivity index (χ0n) is 23.8. The first kappa shape index (κ1) is 28.0. The summed E-state index contributed by atoms with van der Waals surface area (Å²) < 4.78 is 2.01. The maximum absolute atomic E-state index is 11.3. The van der Waals surface area contributed by atoms with Crippen LogP contribution < -0.4 is 10.6 Å². The zero-order chi connectivity index (χ0) is 29.6. The van der Waals surface area contributed by atoms with E-state index in [0.717, 1.165) is 44.9 Å². The van der Waals surface area contributed by atoms with Crippen molar-refractivity contribution in [3.05, 3.63) is 114 Å². The monoisotopic (exact) mass is 556 g/mol. The van der Waals surface area contributed by atoms with E-state index in [1.54, 1.807) is 18.3 Å². The van der Waals surface area contributed by atoms with Crippen molar-refractivity contribution in [3.8, 4) is 34.1 Å². The summed E-state index contributed by atoms with van der Waals surface area (Å²) in [6.45, 7) is 4.60. The molecule has 3 aromatic heterocycles. The van der Waals surface area contributed by atoms with Crippen molar-refractivity contribution in [2.24, 2.45) is 0 Å². The van der Waals surface area contributed by atoms with Gasteiger partial charge in [0.2, 0.25) is 0 Å². The van der Waals surface area contributed by atoms with Crippen LogP contribution >= 0.6 is 0 Å². The molecule has 0 saturated carbocycles. The van der Waals surface area contributed by atoms with E-state index in [1.807, 2.05) is 97.1 Å². The highest BCUT2D eigenvalue weighted by Crippen LogP contribution is 2.32. The van der Waals surface area contributed by atoms with E-state index >= 15 is 0 Å². The van der Waals surface area contributed by atoms with Gasteiger partial charge in [-0.25, -0.2) is 15.0 Å². The van der Waals surface area contributed by atoms with Crippen LogP contribution in [0.25, 0.3) is 39.5 Å². The maximum atomic E-state index is 11.3. The lowest BCUT2D eigenvalue weighted by molar-refractivity contribution is 0.112. The predicted molar refractivity (Wildman–Crippen MR) is 169 cm³/mol. The topological polar surface area (TPSA) is 110 Å². The number of benzene rings is 3. The molecule has 8 nitrogen and oxygen atoms in total. The van der Waals surface area contributed by atoms with Crippen molar-refractivity contribution < 1.29 is 9.90 Å². The van der Waals surface area contributed by atoms with Crippen molar-refractivity contribution in [2.75, 3.05) is 17.7 Å². The summed E-state index contributed by atoms with van der Waals surface area (Å²) >= 11 is 0. The minimum Gasteiger partial charge on any atom is -0.507 e. The van der Waals surface area contributed by atoms with Crippen molar-refractivity contribution in [3.63, 3.8) is 0 Å². The predicted octanol–water partition coefficient (Wildman–Crippen LogP) is 6.91. The van der Waals surface area contributed by atoms with Crippen LogP contribution in [0.3, 0.4) is 0 Å². The van der Waals surface area contributed by atoms with E-state index < -0.39 is 0 Å². The molecule has 0 aliphatic rings. The van der Waals surface area contributed by atoms with Crippen LogP contribution in [0.4, 0.5) is 11.5 Å². The first-order valence-electron chi connectivity index (χ1n) is 13.8. The number of nitrogens with zero attached hydrogens (tertiary/aromatic N) is 5. The molecule has 3 N–H and O–H groups in total. The highest BCUT2D eigenvalue weighted by atomic mass is 16.3. The molecule has 0 bridgehead atoms. The zero-order valence-corrected chi connectivity index (χ0v) is 23.8. The molecule has 0 atom stereocenters. The fourth-order valence-electron chi connectivity index (χ4n) is 4.75. The normalized spacial score (nSPS) is 10.6. The minimum atomic E-state index is -0.0295. The molecule has 0 amide bonds. The summed E-state index contributed by atoms with van der Waals surface area (Å²) in [7, 11) is 1.94. The SMILES string of the molecule is CC.CN(Cc1ccc(-n2c(-c3cccnc3N)nc3ccc(-c4ccccc4)nc32)cc1)c1ccc(O)c(C=O)c1. The molecule has 0 saturated heterocycles. The Labute approximate surface area is 244 Å². The number of hydrogen-bond donors (Lipinski definition) is 2. The Morgan fingerprint density at radius 2 is 1.67 bits per heavy atom. The molecule has 8 heteroatoms. The van der Waals surface area contributed by atoms with Crippen molar-refractivity contribution in [2.45, 2.75) is 20.4 Å². The molecule has 6 rings (SSSR count). The number of aldehydes is 1. The summed E-state index contributed by atoms with van der Waals surface area (Å²) in [6, 6.07) is 30.9. The standard InChI is InChI=1S/C32H26N6O2.C2H6/c1-37(25-13-16-29(40)23(18-25)20-39)19-21-9-11-24(12-10-21)38-31(26-8-5-17-34-30(26)33)36-28-15-14-27(35-32(28)38)22-6-3-2-4-7-22;1-2/h2-18,20,40H,19H2,1H3,(H2,33,34);1-2H3. The number of aromatic nitrogens is 4. The summed E-state index contributed by atoms with van der Waals surface area (Å²) in [4.78, 5) is 27.5. The Morgan fingerprint density at radius 3 is 2.38 bits per heavy atom. The van der Waals surface area contributed by atoms with Gasteiger partial charge < -0.3 is 15.7 Å². The average Bonchev–Trinajstić information content (AvgIpc) is 3.42.